The van der Waals surface area contributed by atoms with E-state index in [0.29, 0.717) is 11.5 Å². The number of hydrogen-bond donors (Lipinski definition) is 0. The van der Waals surface area contributed by atoms with Crippen LogP contribution in [0.15, 0.2) is 28.7 Å². The molecule has 1 aromatic carbocycles. The lowest BCUT2D eigenvalue weighted by molar-refractivity contribution is 0.000617. The second-order valence-corrected chi connectivity index (χ2v) is 5.73. The maximum absolute atomic E-state index is 12.1. The van der Waals surface area contributed by atoms with Crippen LogP contribution >= 0.6 is 15.9 Å². The Labute approximate surface area is 117 Å². The Kier molecular flexibility index (Phi) is 4.81. The minimum atomic E-state index is -0.201. The molecule has 3 heteroatoms. The maximum Gasteiger partial charge on any atom is 0.339 e. The summed E-state index contributed by atoms with van der Waals surface area (Å²) in [6.07, 6.45) is 5.82. The lowest BCUT2D eigenvalue weighted by atomic mass is 9.85. The minimum Gasteiger partial charge on any atom is -0.458 e. The average molecular weight is 311 g/mol. The van der Waals surface area contributed by atoms with E-state index in [1.54, 1.807) is 6.07 Å². The van der Waals surface area contributed by atoms with Crippen molar-refractivity contribution in [2.45, 2.75) is 45.1 Å². The summed E-state index contributed by atoms with van der Waals surface area (Å²) in [4.78, 5) is 12.1. The molecular weight excluding hydrogens is 292 g/mol. The number of rotatable bonds is 3. The van der Waals surface area contributed by atoms with Crippen molar-refractivity contribution in [3.05, 3.63) is 34.3 Å². The third kappa shape index (κ3) is 3.14. The second kappa shape index (κ2) is 6.37. The van der Waals surface area contributed by atoms with Gasteiger partial charge < -0.3 is 4.74 Å². The van der Waals surface area contributed by atoms with E-state index in [1.807, 2.05) is 18.2 Å². The minimum absolute atomic E-state index is 0.100. The van der Waals surface area contributed by atoms with Gasteiger partial charge in [-0.05, 0) is 59.7 Å². The summed E-state index contributed by atoms with van der Waals surface area (Å²) in [5.41, 5.74) is 0.623. The SMILES string of the molecule is CCC1CCCCC1OC(=O)c1ccccc1Br. The third-order valence-corrected chi connectivity index (χ3v) is 4.41. The van der Waals surface area contributed by atoms with E-state index in [9.17, 15) is 4.79 Å². The Morgan fingerprint density at radius 3 is 2.78 bits per heavy atom. The second-order valence-electron chi connectivity index (χ2n) is 4.88. The smallest absolute Gasteiger partial charge is 0.339 e. The third-order valence-electron chi connectivity index (χ3n) is 3.72. The molecule has 0 amide bonds. The summed E-state index contributed by atoms with van der Waals surface area (Å²) in [5.74, 6) is 0.331. The zero-order valence-corrected chi connectivity index (χ0v) is 12.3. The first kappa shape index (κ1) is 13.6. The molecule has 1 aromatic rings. The molecule has 1 aliphatic carbocycles. The maximum atomic E-state index is 12.1. The van der Waals surface area contributed by atoms with Crippen molar-refractivity contribution in [3.63, 3.8) is 0 Å². The summed E-state index contributed by atoms with van der Waals surface area (Å²) in [5, 5.41) is 0. The van der Waals surface area contributed by atoms with E-state index in [-0.39, 0.29) is 12.1 Å². The number of halogens is 1. The monoisotopic (exact) mass is 310 g/mol. The molecule has 0 N–H and O–H groups in total. The molecule has 2 nitrogen and oxygen atoms in total. The molecule has 0 bridgehead atoms. The van der Waals surface area contributed by atoms with Gasteiger partial charge >= 0.3 is 5.97 Å². The lowest BCUT2D eigenvalue weighted by Gasteiger charge is -2.30. The predicted octanol–water partition coefficient (Wildman–Crippen LogP) is 4.57. The van der Waals surface area contributed by atoms with Crippen molar-refractivity contribution in [1.29, 1.82) is 0 Å². The molecule has 2 rings (SSSR count). The first-order valence-corrected chi connectivity index (χ1v) is 7.47. The summed E-state index contributed by atoms with van der Waals surface area (Å²) in [6.45, 7) is 2.18. The quantitative estimate of drug-likeness (QED) is 0.764. The number of ether oxygens (including phenoxy) is 1. The fraction of sp³-hybridized carbons (Fsp3) is 0.533. The van der Waals surface area contributed by atoms with Crippen LogP contribution in [0.2, 0.25) is 0 Å². The molecule has 0 aliphatic heterocycles. The highest BCUT2D eigenvalue weighted by Gasteiger charge is 2.27. The van der Waals surface area contributed by atoms with Gasteiger partial charge in [-0.1, -0.05) is 25.5 Å². The van der Waals surface area contributed by atoms with E-state index >= 15 is 0 Å². The van der Waals surface area contributed by atoms with Crippen LogP contribution in [0.4, 0.5) is 0 Å². The van der Waals surface area contributed by atoms with Crippen molar-refractivity contribution in [2.75, 3.05) is 0 Å². The zero-order valence-electron chi connectivity index (χ0n) is 10.7. The Balaban J connectivity index is 2.04. The highest BCUT2D eigenvalue weighted by Crippen LogP contribution is 2.30. The van der Waals surface area contributed by atoms with Gasteiger partial charge in [0.2, 0.25) is 0 Å². The van der Waals surface area contributed by atoms with Gasteiger partial charge in [0.25, 0.3) is 0 Å². The van der Waals surface area contributed by atoms with Gasteiger partial charge in [-0.2, -0.15) is 0 Å². The number of esters is 1. The Hall–Kier alpha value is -0.830. The van der Waals surface area contributed by atoms with Crippen molar-refractivity contribution in [1.82, 2.24) is 0 Å². The van der Waals surface area contributed by atoms with E-state index in [1.165, 1.54) is 19.3 Å². The number of hydrogen-bond acceptors (Lipinski definition) is 2. The van der Waals surface area contributed by atoms with E-state index in [2.05, 4.69) is 22.9 Å². The van der Waals surface area contributed by atoms with E-state index < -0.39 is 0 Å². The van der Waals surface area contributed by atoms with Crippen LogP contribution in [-0.4, -0.2) is 12.1 Å². The molecule has 0 saturated heterocycles. The lowest BCUT2D eigenvalue weighted by Crippen LogP contribution is -2.29. The van der Waals surface area contributed by atoms with Crippen LogP contribution in [0.3, 0.4) is 0 Å². The summed E-state index contributed by atoms with van der Waals surface area (Å²) < 4.78 is 6.50. The molecule has 2 unspecified atom stereocenters. The molecule has 0 radical (unpaired) electrons. The van der Waals surface area contributed by atoms with Gasteiger partial charge in [-0.15, -0.1) is 0 Å². The van der Waals surface area contributed by atoms with Crippen LogP contribution in [0.25, 0.3) is 0 Å². The first-order valence-electron chi connectivity index (χ1n) is 6.68. The highest BCUT2D eigenvalue weighted by molar-refractivity contribution is 9.10. The highest BCUT2D eigenvalue weighted by atomic mass is 79.9. The van der Waals surface area contributed by atoms with Crippen molar-refractivity contribution >= 4 is 21.9 Å². The molecule has 1 aliphatic rings. The molecule has 0 spiro atoms. The predicted molar refractivity (Wildman–Crippen MR) is 75.6 cm³/mol. The average Bonchev–Trinajstić information content (AvgIpc) is 2.39. The van der Waals surface area contributed by atoms with Gasteiger partial charge in [0.05, 0.1) is 5.56 Å². The van der Waals surface area contributed by atoms with Gasteiger partial charge in [0, 0.05) is 4.47 Å². The van der Waals surface area contributed by atoms with Crippen LogP contribution in [0, 0.1) is 5.92 Å². The van der Waals surface area contributed by atoms with Crippen LogP contribution in [0.1, 0.15) is 49.4 Å². The number of carbonyl (C=O) groups is 1. The Morgan fingerprint density at radius 1 is 1.33 bits per heavy atom. The molecule has 98 valence electrons. The van der Waals surface area contributed by atoms with Gasteiger partial charge in [-0.25, -0.2) is 4.79 Å². The molecule has 0 heterocycles. The molecule has 1 saturated carbocycles. The van der Waals surface area contributed by atoms with Crippen LogP contribution < -0.4 is 0 Å². The van der Waals surface area contributed by atoms with Crippen molar-refractivity contribution < 1.29 is 9.53 Å². The Morgan fingerprint density at radius 2 is 2.06 bits per heavy atom. The fourth-order valence-electron chi connectivity index (χ4n) is 2.62. The largest absolute Gasteiger partial charge is 0.458 e. The van der Waals surface area contributed by atoms with Crippen LogP contribution in [-0.2, 0) is 4.74 Å². The first-order chi connectivity index (χ1) is 8.72. The summed E-state index contributed by atoms with van der Waals surface area (Å²) in [7, 11) is 0. The zero-order chi connectivity index (χ0) is 13.0. The number of carbonyl (C=O) groups excluding carboxylic acids is 1. The molecule has 1 fully saturated rings. The molecule has 18 heavy (non-hydrogen) atoms. The number of benzene rings is 1. The van der Waals surface area contributed by atoms with Gasteiger partial charge in [0.1, 0.15) is 6.10 Å². The topological polar surface area (TPSA) is 26.3 Å². The standard InChI is InChI=1S/C15H19BrO2/c1-2-11-7-3-6-10-14(11)18-15(17)12-8-4-5-9-13(12)16/h4-5,8-9,11,14H,2-3,6-7,10H2,1H3. The normalized spacial score (nSPS) is 23.7. The molecular formula is C15H19BrO2. The van der Waals surface area contributed by atoms with E-state index in [0.717, 1.165) is 17.3 Å². The van der Waals surface area contributed by atoms with E-state index in [4.69, 9.17) is 4.74 Å². The van der Waals surface area contributed by atoms with Crippen LogP contribution in [0.5, 0.6) is 0 Å². The molecule has 2 atom stereocenters. The fourth-order valence-corrected chi connectivity index (χ4v) is 3.07. The Bertz CT molecular complexity index is 417. The summed E-state index contributed by atoms with van der Waals surface area (Å²) in [6, 6.07) is 7.43. The molecule has 0 aromatic heterocycles. The summed E-state index contributed by atoms with van der Waals surface area (Å²) >= 11 is 3.39. The van der Waals surface area contributed by atoms with Crippen molar-refractivity contribution in [3.8, 4) is 0 Å². The van der Waals surface area contributed by atoms with Crippen molar-refractivity contribution in [2.24, 2.45) is 5.92 Å². The van der Waals surface area contributed by atoms with Gasteiger partial charge in [-0.3, -0.25) is 0 Å². The van der Waals surface area contributed by atoms with Gasteiger partial charge in [0.15, 0.2) is 0 Å².